The third-order valence-corrected chi connectivity index (χ3v) is 9.70. The summed E-state index contributed by atoms with van der Waals surface area (Å²) in [6.45, 7) is 0. The third kappa shape index (κ3) is 8.90. The molecule has 59 heavy (non-hydrogen) atoms. The van der Waals surface area contributed by atoms with Crippen molar-refractivity contribution < 1.29 is 92.7 Å². The number of nitrogens with one attached hydrogen (secondary N) is 1. The molecule has 0 saturated carbocycles. The van der Waals surface area contributed by atoms with E-state index in [2.05, 4.69) is 54.3 Å². The van der Waals surface area contributed by atoms with Crippen molar-refractivity contribution in [2.24, 2.45) is 0 Å². The van der Waals surface area contributed by atoms with Crippen molar-refractivity contribution in [2.75, 3.05) is 14.1 Å². The summed E-state index contributed by atoms with van der Waals surface area (Å²) in [4.78, 5) is 1.35. The highest BCUT2D eigenvalue weighted by molar-refractivity contribution is 9.10. The molecule has 0 amide bonds. The molecule has 5 aromatic rings. The highest BCUT2D eigenvalue weighted by Gasteiger charge is 2.40. The maximum absolute atomic E-state index is 14.9. The van der Waals surface area contributed by atoms with Crippen molar-refractivity contribution in [3.63, 3.8) is 0 Å². The molecule has 0 atom stereocenters. The molecular weight excluding hydrogens is 917 g/mol. The first-order valence-electron chi connectivity index (χ1n) is 16.1. The van der Waals surface area contributed by atoms with Gasteiger partial charge in [0.05, 0.1) is 14.1 Å². The standard InChI is InChI=1S/C28H8BF20.C8H10BrN/c30-9-5(10(31)18(39)25(46)17(9)38)1-29(2-6-11(32)19(40)26(47)20(41)12(6)33,3-7-13(34)21(42)27(48)22(43)14(7)35)4-8-15(36)23(44)28(49)24(45)16(8)37;1-10(2)8-5-3-7(9)4-6-8/h1-4H2;3-6H,1-2H3/q-1;/p+1. The van der Waals surface area contributed by atoms with Crippen molar-refractivity contribution in [3.8, 4) is 0 Å². The smallest absolute Gasteiger partial charge is 0.200 e. The highest BCUT2D eigenvalue weighted by Crippen LogP contribution is 2.37. The number of hydrogen-bond acceptors (Lipinski definition) is 0. The Bertz CT molecular complexity index is 2050. The van der Waals surface area contributed by atoms with Gasteiger partial charge >= 0.3 is 0 Å². The average Bonchev–Trinajstić information content (AvgIpc) is 3.21. The summed E-state index contributed by atoms with van der Waals surface area (Å²) in [5, 5.41) is 0. The van der Waals surface area contributed by atoms with E-state index in [4.69, 9.17) is 0 Å². The van der Waals surface area contributed by atoms with Crippen LogP contribution in [0.4, 0.5) is 93.5 Å². The molecule has 318 valence electrons. The van der Waals surface area contributed by atoms with Crippen LogP contribution in [0.1, 0.15) is 22.3 Å². The molecule has 5 rings (SSSR count). The van der Waals surface area contributed by atoms with Crippen molar-refractivity contribution in [2.45, 2.75) is 25.3 Å². The van der Waals surface area contributed by atoms with E-state index in [-0.39, 0.29) is 0 Å². The number of quaternary nitrogens is 1. The first-order valence-corrected chi connectivity index (χ1v) is 16.9. The topological polar surface area (TPSA) is 4.44 Å². The van der Waals surface area contributed by atoms with Gasteiger partial charge in [0.15, 0.2) is 93.1 Å². The van der Waals surface area contributed by atoms with Gasteiger partial charge in [0, 0.05) is 22.8 Å². The fourth-order valence-electron chi connectivity index (χ4n) is 6.27. The average molecular weight is 936 g/mol. The Labute approximate surface area is 326 Å². The first-order chi connectivity index (χ1) is 27.3. The summed E-state index contributed by atoms with van der Waals surface area (Å²) in [7, 11) is 4.23. The monoisotopic (exact) mass is 935 g/mol. The Hall–Kier alpha value is -4.80. The van der Waals surface area contributed by atoms with Gasteiger partial charge in [0.1, 0.15) is 5.69 Å². The van der Waals surface area contributed by atoms with Gasteiger partial charge in [-0.25, -0.2) is 87.8 Å². The van der Waals surface area contributed by atoms with Crippen LogP contribution in [-0.2, 0) is 25.3 Å². The third-order valence-electron chi connectivity index (χ3n) is 9.17. The van der Waals surface area contributed by atoms with Gasteiger partial charge in [-0.05, 0) is 34.4 Å². The lowest BCUT2D eigenvalue weighted by atomic mass is 9.16. The van der Waals surface area contributed by atoms with Crippen molar-refractivity contribution in [1.82, 2.24) is 0 Å². The zero-order valence-corrected chi connectivity index (χ0v) is 30.7. The molecule has 1 N–H and O–H groups in total. The van der Waals surface area contributed by atoms with Crippen LogP contribution in [-0.4, -0.2) is 20.2 Å². The largest absolute Gasteiger partial charge is 0.307 e. The molecule has 0 unspecified atom stereocenters. The van der Waals surface area contributed by atoms with Crippen molar-refractivity contribution in [3.05, 3.63) is 167 Å². The van der Waals surface area contributed by atoms with Gasteiger partial charge in [-0.15, -0.1) is 25.3 Å². The van der Waals surface area contributed by atoms with E-state index >= 15 is 0 Å². The fourth-order valence-corrected chi connectivity index (χ4v) is 6.53. The molecule has 0 spiro atoms. The molecule has 5 aromatic carbocycles. The maximum Gasteiger partial charge on any atom is 0.200 e. The molecule has 0 saturated heterocycles. The van der Waals surface area contributed by atoms with E-state index in [1.807, 2.05) is 0 Å². The van der Waals surface area contributed by atoms with E-state index in [0.29, 0.717) is 0 Å². The molecular formula is C36H19BBrF20N. The van der Waals surface area contributed by atoms with Crippen LogP contribution in [0.15, 0.2) is 28.7 Å². The summed E-state index contributed by atoms with van der Waals surface area (Å²) < 4.78 is 289. The number of halogens is 21. The molecule has 0 aliphatic rings. The zero-order chi connectivity index (χ0) is 44.7. The molecule has 0 aliphatic carbocycles. The number of rotatable bonds is 9. The molecule has 0 aromatic heterocycles. The van der Waals surface area contributed by atoms with Crippen molar-refractivity contribution >= 4 is 27.8 Å². The Morgan fingerprint density at radius 3 is 0.661 bits per heavy atom. The lowest BCUT2D eigenvalue weighted by Gasteiger charge is -2.41. The first kappa shape index (κ1) is 46.9. The summed E-state index contributed by atoms with van der Waals surface area (Å²) in [6, 6.07) is 8.34. The van der Waals surface area contributed by atoms with Crippen LogP contribution in [0.2, 0.25) is 0 Å². The Kier molecular flexibility index (Phi) is 14.2. The zero-order valence-electron chi connectivity index (χ0n) is 29.2. The SMILES string of the molecule is C[NH+](C)c1ccc(Br)cc1.Fc1c(F)c(F)c(C[B-](Cc2c(F)c(F)c(F)c(F)c2F)(Cc2c(F)c(F)c(F)c(F)c2F)Cc2c(F)c(F)c(F)c(F)c2F)c(F)c1F. The quantitative estimate of drug-likeness (QED) is 0.0650. The molecule has 1 nitrogen and oxygen atoms in total. The molecule has 0 radical (unpaired) electrons. The van der Waals surface area contributed by atoms with Gasteiger partial charge in [0.2, 0.25) is 23.3 Å². The summed E-state index contributed by atoms with van der Waals surface area (Å²) in [5.74, 6) is -57.8. The minimum Gasteiger partial charge on any atom is -0.307 e. The van der Waals surface area contributed by atoms with E-state index < -0.39 is 170 Å². The highest BCUT2D eigenvalue weighted by atomic mass is 79.9. The fraction of sp³-hybridized carbons (Fsp3) is 0.167. The molecule has 0 bridgehead atoms. The minimum atomic E-state index is -4.78. The van der Waals surface area contributed by atoms with E-state index in [1.165, 1.54) is 10.6 Å². The van der Waals surface area contributed by atoms with Crippen LogP contribution in [0.5, 0.6) is 0 Å². The summed E-state index contributed by atoms with van der Waals surface area (Å²) >= 11 is 3.39. The normalized spacial score (nSPS) is 11.7. The van der Waals surface area contributed by atoms with Crippen LogP contribution >= 0.6 is 15.9 Å². The van der Waals surface area contributed by atoms with Crippen LogP contribution in [0.25, 0.3) is 0 Å². The predicted octanol–water partition coefficient (Wildman–Crippen LogP) is 10.6. The van der Waals surface area contributed by atoms with E-state index in [1.54, 1.807) is 0 Å². The van der Waals surface area contributed by atoms with Gasteiger partial charge in [-0.1, -0.05) is 15.9 Å². The second-order valence-corrected chi connectivity index (χ2v) is 14.2. The van der Waals surface area contributed by atoms with Crippen molar-refractivity contribution in [1.29, 1.82) is 0 Å². The Balaban J connectivity index is 0.000000670. The van der Waals surface area contributed by atoms with Crippen LogP contribution in [0, 0.1) is 116 Å². The van der Waals surface area contributed by atoms with Gasteiger partial charge in [-0.2, -0.15) is 0 Å². The maximum atomic E-state index is 14.9. The minimum absolute atomic E-state index is 1.14. The van der Waals surface area contributed by atoms with Crippen LogP contribution in [0.3, 0.4) is 0 Å². The van der Waals surface area contributed by atoms with Gasteiger partial charge in [0.25, 0.3) is 0 Å². The van der Waals surface area contributed by atoms with Gasteiger partial charge in [-0.3, -0.25) is 0 Å². The lowest BCUT2D eigenvalue weighted by molar-refractivity contribution is -0.786. The second-order valence-electron chi connectivity index (χ2n) is 13.2. The molecule has 0 aliphatic heterocycles. The second kappa shape index (κ2) is 17.8. The lowest BCUT2D eigenvalue weighted by Crippen LogP contribution is -3.00. The molecule has 0 fully saturated rings. The summed E-state index contributed by atoms with van der Waals surface area (Å²) in [6.07, 6.45) is -13.9. The Morgan fingerprint density at radius 2 is 0.492 bits per heavy atom. The summed E-state index contributed by atoms with van der Waals surface area (Å²) in [5.41, 5.74) is -7.66. The van der Waals surface area contributed by atoms with Gasteiger partial charge < -0.3 is 4.90 Å². The predicted molar refractivity (Wildman–Crippen MR) is 172 cm³/mol. The van der Waals surface area contributed by atoms with E-state index in [0.717, 1.165) is 4.47 Å². The van der Waals surface area contributed by atoms with E-state index in [9.17, 15) is 87.8 Å². The molecule has 0 heterocycles. The van der Waals surface area contributed by atoms with Crippen LogP contribution < -0.4 is 4.90 Å². The number of hydrogen-bond donors (Lipinski definition) is 1. The molecule has 23 heteroatoms. The number of benzene rings is 5. The Morgan fingerprint density at radius 1 is 0.322 bits per heavy atom.